The van der Waals surface area contributed by atoms with E-state index < -0.39 is 11.9 Å². The van der Waals surface area contributed by atoms with E-state index in [0.29, 0.717) is 0 Å². The van der Waals surface area contributed by atoms with Crippen LogP contribution in [0.1, 0.15) is 25.8 Å². The van der Waals surface area contributed by atoms with Crippen molar-refractivity contribution >= 4 is 17.6 Å². The minimum absolute atomic E-state index is 0.0502. The van der Waals surface area contributed by atoms with E-state index in [1.165, 1.54) is 6.92 Å². The highest BCUT2D eigenvalue weighted by Crippen LogP contribution is 2.31. The molecule has 1 aromatic carbocycles. The Morgan fingerprint density at radius 1 is 1.39 bits per heavy atom. The molecule has 1 aliphatic rings. The van der Waals surface area contributed by atoms with Gasteiger partial charge in [0.15, 0.2) is 0 Å². The molecule has 4 heteroatoms. The van der Waals surface area contributed by atoms with Gasteiger partial charge < -0.3 is 10.0 Å². The molecule has 96 valence electrons. The number of carboxylic acid groups (broad SMARTS) is 1. The molecule has 2 unspecified atom stereocenters. The number of fused-ring (bicyclic) bond motifs is 1. The molecule has 2 rings (SSSR count). The highest BCUT2D eigenvalue weighted by Gasteiger charge is 2.33. The fraction of sp³-hybridized carbons (Fsp3) is 0.429. The summed E-state index contributed by atoms with van der Waals surface area (Å²) in [5, 5.41) is 8.97. The lowest BCUT2D eigenvalue weighted by molar-refractivity contribution is -0.145. The maximum absolute atomic E-state index is 12.3. The van der Waals surface area contributed by atoms with Crippen molar-refractivity contribution < 1.29 is 14.7 Å². The Morgan fingerprint density at radius 2 is 2.06 bits per heavy atom. The van der Waals surface area contributed by atoms with Crippen molar-refractivity contribution in [1.29, 1.82) is 0 Å². The summed E-state index contributed by atoms with van der Waals surface area (Å²) < 4.78 is 0. The van der Waals surface area contributed by atoms with Crippen LogP contribution in [-0.2, 0) is 16.0 Å². The van der Waals surface area contributed by atoms with Gasteiger partial charge >= 0.3 is 5.97 Å². The second kappa shape index (κ2) is 4.80. The fourth-order valence-electron chi connectivity index (χ4n) is 2.34. The lowest BCUT2D eigenvalue weighted by atomic mass is 9.95. The number of benzene rings is 1. The molecule has 18 heavy (non-hydrogen) atoms. The molecule has 0 fully saturated rings. The molecule has 0 bridgehead atoms. The summed E-state index contributed by atoms with van der Waals surface area (Å²) >= 11 is 0. The summed E-state index contributed by atoms with van der Waals surface area (Å²) in [5.74, 6) is -2.41. The van der Waals surface area contributed by atoms with Crippen molar-refractivity contribution in [3.05, 3.63) is 29.8 Å². The monoisotopic (exact) mass is 247 g/mol. The largest absolute Gasteiger partial charge is 0.481 e. The first-order chi connectivity index (χ1) is 8.52. The molecule has 2 atom stereocenters. The molecule has 1 amide bonds. The van der Waals surface area contributed by atoms with E-state index in [9.17, 15) is 9.59 Å². The number of nitrogens with zero attached hydrogens (tertiary/aromatic N) is 1. The number of anilines is 1. The molecule has 0 radical (unpaired) electrons. The lowest BCUT2D eigenvalue weighted by Gasteiger charge is -2.36. The molecule has 1 aliphatic heterocycles. The molecule has 0 spiro atoms. The predicted molar refractivity (Wildman–Crippen MR) is 68.5 cm³/mol. The maximum Gasteiger partial charge on any atom is 0.315 e. The van der Waals surface area contributed by atoms with Gasteiger partial charge in [-0.25, -0.2) is 0 Å². The van der Waals surface area contributed by atoms with Gasteiger partial charge in [0, 0.05) is 11.7 Å². The summed E-state index contributed by atoms with van der Waals surface area (Å²) in [7, 11) is 0. The molecule has 1 aromatic rings. The van der Waals surface area contributed by atoms with Gasteiger partial charge in [-0.2, -0.15) is 0 Å². The van der Waals surface area contributed by atoms with Crippen LogP contribution >= 0.6 is 0 Å². The Bertz CT molecular complexity index is 484. The topological polar surface area (TPSA) is 57.6 Å². The number of aliphatic carboxylic acids is 1. The average Bonchev–Trinajstić information content (AvgIpc) is 2.37. The number of carbonyl (C=O) groups excluding carboxylic acids is 1. The van der Waals surface area contributed by atoms with E-state index in [2.05, 4.69) is 0 Å². The number of para-hydroxylation sites is 1. The zero-order valence-electron chi connectivity index (χ0n) is 10.6. The first kappa shape index (κ1) is 12.6. The number of aryl methyl sites for hydroxylation is 1. The van der Waals surface area contributed by atoms with Crippen molar-refractivity contribution in [1.82, 2.24) is 0 Å². The Balaban J connectivity index is 2.37. The third kappa shape index (κ3) is 2.10. The smallest absolute Gasteiger partial charge is 0.315 e. The predicted octanol–water partition coefficient (Wildman–Crippen LogP) is 2.08. The number of hydrogen-bond donors (Lipinski definition) is 1. The standard InChI is InChI=1S/C14H17NO3/c1-9-7-8-11-5-3-4-6-12(11)15(9)13(16)10(2)14(17)18/h3-6,9-10H,7-8H2,1-2H3,(H,17,18). The molecule has 0 saturated heterocycles. The van der Waals surface area contributed by atoms with Crippen LogP contribution in [0.25, 0.3) is 0 Å². The van der Waals surface area contributed by atoms with Gasteiger partial charge in [-0.05, 0) is 38.3 Å². The molecular formula is C14H17NO3. The minimum Gasteiger partial charge on any atom is -0.481 e. The highest BCUT2D eigenvalue weighted by atomic mass is 16.4. The van der Waals surface area contributed by atoms with E-state index >= 15 is 0 Å². The van der Waals surface area contributed by atoms with Crippen LogP contribution in [0.2, 0.25) is 0 Å². The van der Waals surface area contributed by atoms with Crippen molar-refractivity contribution in [3.63, 3.8) is 0 Å². The van der Waals surface area contributed by atoms with E-state index in [4.69, 9.17) is 5.11 Å². The van der Waals surface area contributed by atoms with E-state index in [1.54, 1.807) is 4.90 Å². The Labute approximate surface area is 106 Å². The van der Waals surface area contributed by atoms with Gasteiger partial charge in [-0.15, -0.1) is 0 Å². The number of carboxylic acids is 1. The van der Waals surface area contributed by atoms with Crippen LogP contribution in [0.3, 0.4) is 0 Å². The third-order valence-electron chi connectivity index (χ3n) is 3.50. The molecule has 1 heterocycles. The minimum atomic E-state index is -1.07. The number of rotatable bonds is 2. The molecule has 4 nitrogen and oxygen atoms in total. The summed E-state index contributed by atoms with van der Waals surface area (Å²) in [6.45, 7) is 3.40. The summed E-state index contributed by atoms with van der Waals surface area (Å²) in [6, 6.07) is 7.75. The van der Waals surface area contributed by atoms with E-state index in [-0.39, 0.29) is 11.9 Å². The van der Waals surface area contributed by atoms with Crippen LogP contribution in [0.4, 0.5) is 5.69 Å². The Morgan fingerprint density at radius 3 is 2.72 bits per heavy atom. The SMILES string of the molecule is CC(C(=O)O)C(=O)N1c2ccccc2CCC1C. The molecule has 1 N–H and O–H groups in total. The van der Waals surface area contributed by atoms with Crippen LogP contribution in [-0.4, -0.2) is 23.0 Å². The zero-order valence-corrected chi connectivity index (χ0v) is 10.6. The van der Waals surface area contributed by atoms with E-state index in [1.807, 2.05) is 31.2 Å². The zero-order chi connectivity index (χ0) is 13.3. The van der Waals surface area contributed by atoms with Crippen LogP contribution in [0.5, 0.6) is 0 Å². The Kier molecular flexibility index (Phi) is 3.36. The number of hydrogen-bond acceptors (Lipinski definition) is 2. The van der Waals surface area contributed by atoms with Gasteiger partial charge in [0.1, 0.15) is 5.92 Å². The van der Waals surface area contributed by atoms with Gasteiger partial charge in [0.2, 0.25) is 5.91 Å². The normalized spacial score (nSPS) is 20.1. The first-order valence-corrected chi connectivity index (χ1v) is 6.16. The van der Waals surface area contributed by atoms with Gasteiger partial charge in [-0.3, -0.25) is 9.59 Å². The molecule has 0 saturated carbocycles. The van der Waals surface area contributed by atoms with Crippen molar-refractivity contribution in [2.24, 2.45) is 5.92 Å². The maximum atomic E-state index is 12.3. The Hall–Kier alpha value is -1.84. The van der Waals surface area contributed by atoms with Crippen LogP contribution in [0, 0.1) is 5.92 Å². The molecule has 0 aliphatic carbocycles. The average molecular weight is 247 g/mol. The summed E-state index contributed by atoms with van der Waals surface area (Å²) in [4.78, 5) is 24.8. The van der Waals surface area contributed by atoms with Crippen molar-refractivity contribution in [2.45, 2.75) is 32.7 Å². The molecular weight excluding hydrogens is 230 g/mol. The fourth-order valence-corrected chi connectivity index (χ4v) is 2.34. The number of carbonyl (C=O) groups is 2. The van der Waals surface area contributed by atoms with Gasteiger partial charge in [-0.1, -0.05) is 18.2 Å². The van der Waals surface area contributed by atoms with Crippen LogP contribution in [0.15, 0.2) is 24.3 Å². The highest BCUT2D eigenvalue weighted by molar-refractivity contribution is 6.06. The molecule has 0 aromatic heterocycles. The number of amides is 1. The van der Waals surface area contributed by atoms with Crippen molar-refractivity contribution in [3.8, 4) is 0 Å². The van der Waals surface area contributed by atoms with Gasteiger partial charge in [0.05, 0.1) is 0 Å². The second-order valence-corrected chi connectivity index (χ2v) is 4.78. The quantitative estimate of drug-likeness (QED) is 0.814. The van der Waals surface area contributed by atoms with Crippen LogP contribution < -0.4 is 4.90 Å². The van der Waals surface area contributed by atoms with E-state index in [0.717, 1.165) is 24.1 Å². The van der Waals surface area contributed by atoms with Gasteiger partial charge in [0.25, 0.3) is 0 Å². The lowest BCUT2D eigenvalue weighted by Crippen LogP contribution is -2.46. The second-order valence-electron chi connectivity index (χ2n) is 4.78. The first-order valence-electron chi connectivity index (χ1n) is 6.16. The summed E-state index contributed by atoms with van der Waals surface area (Å²) in [6.07, 6.45) is 1.80. The summed E-state index contributed by atoms with van der Waals surface area (Å²) in [5.41, 5.74) is 1.97. The van der Waals surface area contributed by atoms with Crippen molar-refractivity contribution in [2.75, 3.05) is 4.90 Å². The third-order valence-corrected chi connectivity index (χ3v) is 3.50.